The van der Waals surface area contributed by atoms with E-state index in [1.807, 2.05) is 12.1 Å². The second-order valence-corrected chi connectivity index (χ2v) is 12.6. The van der Waals surface area contributed by atoms with Gasteiger partial charge in [0.05, 0.1) is 0 Å². The van der Waals surface area contributed by atoms with Crippen LogP contribution in [0.25, 0.3) is 55.0 Å². The van der Waals surface area contributed by atoms with Gasteiger partial charge in [0.2, 0.25) is 0 Å². The van der Waals surface area contributed by atoms with Crippen LogP contribution in [0.4, 0.5) is 17.1 Å². The van der Waals surface area contributed by atoms with E-state index >= 15 is 0 Å². The SMILES string of the molecule is CC1(C)c2ccccc2-c2ccc(N(c3ccccc3)c3ccc(-c4cccc5c4ccc4c6ccccc6oc54)cc3)cc21. The third-order valence-electron chi connectivity index (χ3n) is 9.68. The number of nitrogens with zero attached hydrogens (tertiary/aromatic N) is 1. The van der Waals surface area contributed by atoms with Crippen LogP contribution in [0.5, 0.6) is 0 Å². The number of anilines is 3. The zero-order chi connectivity index (χ0) is 30.1. The molecule has 45 heavy (non-hydrogen) atoms. The lowest BCUT2D eigenvalue weighted by Gasteiger charge is -2.28. The normalized spacial score (nSPS) is 13.3. The van der Waals surface area contributed by atoms with Crippen molar-refractivity contribution in [2.24, 2.45) is 0 Å². The van der Waals surface area contributed by atoms with E-state index in [0.717, 1.165) is 44.4 Å². The van der Waals surface area contributed by atoms with Gasteiger partial charge in [0, 0.05) is 38.6 Å². The van der Waals surface area contributed by atoms with E-state index in [9.17, 15) is 0 Å². The van der Waals surface area contributed by atoms with E-state index in [1.165, 1.54) is 38.8 Å². The van der Waals surface area contributed by atoms with E-state index in [1.54, 1.807) is 0 Å². The second kappa shape index (κ2) is 9.70. The molecule has 0 radical (unpaired) electrons. The van der Waals surface area contributed by atoms with Gasteiger partial charge in [-0.25, -0.2) is 0 Å². The summed E-state index contributed by atoms with van der Waals surface area (Å²) in [4.78, 5) is 2.37. The molecule has 1 aromatic heterocycles. The van der Waals surface area contributed by atoms with E-state index < -0.39 is 0 Å². The lowest BCUT2D eigenvalue weighted by atomic mass is 9.82. The van der Waals surface area contributed by atoms with Crippen LogP contribution in [0.15, 0.2) is 156 Å². The van der Waals surface area contributed by atoms with Crippen LogP contribution in [-0.2, 0) is 5.41 Å². The average molecular weight is 578 g/mol. The summed E-state index contributed by atoms with van der Waals surface area (Å²) < 4.78 is 6.37. The summed E-state index contributed by atoms with van der Waals surface area (Å²) in [6.45, 7) is 4.68. The molecule has 214 valence electrons. The Hall–Kier alpha value is -5.60. The van der Waals surface area contributed by atoms with Gasteiger partial charge < -0.3 is 9.32 Å². The Labute approximate surface area is 262 Å². The van der Waals surface area contributed by atoms with Gasteiger partial charge in [-0.3, -0.25) is 0 Å². The van der Waals surface area contributed by atoms with Gasteiger partial charge in [-0.15, -0.1) is 0 Å². The van der Waals surface area contributed by atoms with Crippen molar-refractivity contribution in [1.29, 1.82) is 0 Å². The maximum atomic E-state index is 6.37. The Morgan fingerprint density at radius 1 is 0.444 bits per heavy atom. The molecule has 0 saturated heterocycles. The van der Waals surface area contributed by atoms with Crippen LogP contribution in [-0.4, -0.2) is 0 Å². The molecule has 0 fully saturated rings. The maximum Gasteiger partial charge on any atom is 0.143 e. The highest BCUT2D eigenvalue weighted by Gasteiger charge is 2.35. The predicted octanol–water partition coefficient (Wildman–Crippen LogP) is 12.2. The molecular weight excluding hydrogens is 546 g/mol. The van der Waals surface area contributed by atoms with Crippen LogP contribution in [0.3, 0.4) is 0 Å². The van der Waals surface area contributed by atoms with Gasteiger partial charge in [0.15, 0.2) is 0 Å². The van der Waals surface area contributed by atoms with Crippen molar-refractivity contribution < 1.29 is 4.42 Å². The molecule has 0 amide bonds. The van der Waals surface area contributed by atoms with Crippen molar-refractivity contribution in [2.75, 3.05) is 4.90 Å². The highest BCUT2D eigenvalue weighted by molar-refractivity contribution is 6.17. The van der Waals surface area contributed by atoms with Crippen molar-refractivity contribution in [3.05, 3.63) is 163 Å². The highest BCUT2D eigenvalue weighted by atomic mass is 16.3. The fraction of sp³-hybridized carbons (Fsp3) is 0.0698. The summed E-state index contributed by atoms with van der Waals surface area (Å²) in [5.74, 6) is 0. The molecule has 0 bridgehead atoms. The summed E-state index contributed by atoms with van der Waals surface area (Å²) in [5, 5.41) is 4.64. The Balaban J connectivity index is 1.15. The first-order valence-electron chi connectivity index (χ1n) is 15.6. The summed E-state index contributed by atoms with van der Waals surface area (Å²) >= 11 is 0. The lowest BCUT2D eigenvalue weighted by Crippen LogP contribution is -2.16. The number of hydrogen-bond acceptors (Lipinski definition) is 2. The number of rotatable bonds is 4. The largest absolute Gasteiger partial charge is 0.455 e. The Kier molecular flexibility index (Phi) is 5.58. The number of para-hydroxylation sites is 2. The fourth-order valence-electron chi connectivity index (χ4n) is 7.44. The zero-order valence-electron chi connectivity index (χ0n) is 25.3. The third-order valence-corrected chi connectivity index (χ3v) is 9.68. The molecule has 0 saturated carbocycles. The van der Waals surface area contributed by atoms with Gasteiger partial charge in [0.1, 0.15) is 11.2 Å². The minimum atomic E-state index is -0.0617. The Morgan fingerprint density at radius 3 is 1.93 bits per heavy atom. The van der Waals surface area contributed by atoms with Crippen molar-refractivity contribution in [1.82, 2.24) is 0 Å². The van der Waals surface area contributed by atoms with Crippen molar-refractivity contribution in [3.63, 3.8) is 0 Å². The molecule has 1 aliphatic rings. The molecule has 0 N–H and O–H groups in total. The molecule has 7 aromatic carbocycles. The topological polar surface area (TPSA) is 16.4 Å². The molecule has 0 spiro atoms. The highest BCUT2D eigenvalue weighted by Crippen LogP contribution is 2.50. The standard InChI is InChI=1S/C43H31NO/c1-43(2)39-17-8-6-13-34(39)35-24-23-31(27-40(35)43)44(29-11-4-3-5-12-29)30-21-19-28(20-22-30)32-15-10-16-37-33(32)25-26-38-36-14-7-9-18-41(36)45-42(37)38/h3-27H,1-2H3. The predicted molar refractivity (Wildman–Crippen MR) is 189 cm³/mol. The van der Waals surface area contributed by atoms with Crippen LogP contribution in [0.2, 0.25) is 0 Å². The number of benzene rings is 7. The van der Waals surface area contributed by atoms with Gasteiger partial charge in [-0.2, -0.15) is 0 Å². The number of hydrogen-bond donors (Lipinski definition) is 0. The van der Waals surface area contributed by atoms with E-state index in [-0.39, 0.29) is 5.41 Å². The molecule has 2 heteroatoms. The van der Waals surface area contributed by atoms with Gasteiger partial charge in [-0.1, -0.05) is 117 Å². The lowest BCUT2D eigenvalue weighted by molar-refractivity contribution is 0.660. The molecule has 0 atom stereocenters. The quantitative estimate of drug-likeness (QED) is 0.207. The number of fused-ring (bicyclic) bond motifs is 8. The summed E-state index contributed by atoms with van der Waals surface area (Å²) in [5.41, 5.74) is 13.0. The summed E-state index contributed by atoms with van der Waals surface area (Å²) in [6.07, 6.45) is 0. The van der Waals surface area contributed by atoms with Crippen molar-refractivity contribution in [2.45, 2.75) is 19.3 Å². The van der Waals surface area contributed by atoms with Gasteiger partial charge in [0.25, 0.3) is 0 Å². The molecule has 1 heterocycles. The Bertz CT molecular complexity index is 2400. The van der Waals surface area contributed by atoms with Gasteiger partial charge >= 0.3 is 0 Å². The molecule has 0 aliphatic heterocycles. The van der Waals surface area contributed by atoms with Gasteiger partial charge in [-0.05, 0) is 87.3 Å². The van der Waals surface area contributed by atoms with Crippen molar-refractivity contribution in [3.8, 4) is 22.3 Å². The molecule has 2 nitrogen and oxygen atoms in total. The minimum Gasteiger partial charge on any atom is -0.455 e. The molecule has 8 aromatic rings. The smallest absolute Gasteiger partial charge is 0.143 e. The maximum absolute atomic E-state index is 6.37. The molecule has 9 rings (SSSR count). The van der Waals surface area contributed by atoms with Crippen LogP contribution < -0.4 is 4.90 Å². The van der Waals surface area contributed by atoms with Crippen LogP contribution in [0, 0.1) is 0 Å². The third kappa shape index (κ3) is 3.89. The van der Waals surface area contributed by atoms with E-state index in [2.05, 4.69) is 158 Å². The first-order chi connectivity index (χ1) is 22.1. The van der Waals surface area contributed by atoms with Crippen LogP contribution in [0.1, 0.15) is 25.0 Å². The molecular formula is C43H31NO. The monoisotopic (exact) mass is 577 g/mol. The second-order valence-electron chi connectivity index (χ2n) is 12.6. The average Bonchev–Trinajstić information content (AvgIpc) is 3.58. The summed E-state index contributed by atoms with van der Waals surface area (Å²) in [6, 6.07) is 54.7. The molecule has 1 aliphatic carbocycles. The minimum absolute atomic E-state index is 0.0617. The van der Waals surface area contributed by atoms with Crippen LogP contribution >= 0.6 is 0 Å². The first kappa shape index (κ1) is 25.9. The first-order valence-corrected chi connectivity index (χ1v) is 15.6. The summed E-state index contributed by atoms with van der Waals surface area (Å²) in [7, 11) is 0. The Morgan fingerprint density at radius 2 is 1.07 bits per heavy atom. The number of furan rings is 1. The van der Waals surface area contributed by atoms with E-state index in [4.69, 9.17) is 4.42 Å². The fourth-order valence-corrected chi connectivity index (χ4v) is 7.44. The van der Waals surface area contributed by atoms with Crippen molar-refractivity contribution >= 4 is 49.8 Å². The zero-order valence-corrected chi connectivity index (χ0v) is 25.3. The van der Waals surface area contributed by atoms with E-state index in [0.29, 0.717) is 0 Å². The molecule has 0 unspecified atom stereocenters.